The summed E-state index contributed by atoms with van der Waals surface area (Å²) >= 11 is 12.3. The van der Waals surface area contributed by atoms with Crippen molar-refractivity contribution in [1.82, 2.24) is 0 Å². The number of hydrogen-bond donors (Lipinski definition) is 1. The topological polar surface area (TPSA) is 72.5 Å². The zero-order chi connectivity index (χ0) is 24.4. The van der Waals surface area contributed by atoms with Crippen molar-refractivity contribution in [2.75, 3.05) is 5.32 Å². The van der Waals surface area contributed by atoms with Gasteiger partial charge < -0.3 is 14.2 Å². The lowest BCUT2D eigenvalue weighted by Gasteiger charge is -2.06. The van der Waals surface area contributed by atoms with Gasteiger partial charge in [-0.25, -0.2) is 4.79 Å². The zero-order valence-electron chi connectivity index (χ0n) is 18.1. The first-order chi connectivity index (χ1) is 17.0. The Morgan fingerprint density at radius 3 is 2.54 bits per heavy atom. The fraction of sp³-hybridized carbons (Fsp3) is 0. The first-order valence-corrected chi connectivity index (χ1v) is 11.4. The molecule has 2 heterocycles. The average molecular weight is 502 g/mol. The van der Waals surface area contributed by atoms with Crippen LogP contribution in [0.4, 0.5) is 5.69 Å². The highest BCUT2D eigenvalue weighted by atomic mass is 35.5. The quantitative estimate of drug-likeness (QED) is 0.198. The normalized spacial score (nSPS) is 11.3. The van der Waals surface area contributed by atoms with Crippen LogP contribution in [0, 0.1) is 0 Å². The number of hydrogen-bond acceptors (Lipinski definition) is 4. The molecular weight excluding hydrogens is 485 g/mol. The van der Waals surface area contributed by atoms with Gasteiger partial charge in [0.05, 0.1) is 15.6 Å². The van der Waals surface area contributed by atoms with E-state index in [9.17, 15) is 9.59 Å². The van der Waals surface area contributed by atoms with Crippen LogP contribution in [0.25, 0.3) is 39.5 Å². The first kappa shape index (κ1) is 22.7. The van der Waals surface area contributed by atoms with Crippen molar-refractivity contribution in [2.45, 2.75) is 0 Å². The number of fused-ring (bicyclic) bond motifs is 1. The number of carbonyl (C=O) groups excluding carboxylic acids is 1. The molecule has 5 nitrogen and oxygen atoms in total. The Morgan fingerprint density at radius 1 is 0.829 bits per heavy atom. The van der Waals surface area contributed by atoms with Crippen molar-refractivity contribution < 1.29 is 13.6 Å². The van der Waals surface area contributed by atoms with Crippen LogP contribution in [0.3, 0.4) is 0 Å². The van der Waals surface area contributed by atoms with E-state index in [0.29, 0.717) is 49.5 Å². The van der Waals surface area contributed by atoms with E-state index in [1.807, 2.05) is 18.2 Å². The van der Waals surface area contributed by atoms with Crippen LogP contribution in [0.5, 0.6) is 0 Å². The molecule has 0 saturated carbocycles. The van der Waals surface area contributed by atoms with E-state index >= 15 is 0 Å². The van der Waals surface area contributed by atoms with Crippen LogP contribution in [-0.2, 0) is 4.79 Å². The third kappa shape index (κ3) is 4.92. The zero-order valence-corrected chi connectivity index (χ0v) is 19.6. The van der Waals surface area contributed by atoms with Crippen molar-refractivity contribution in [1.29, 1.82) is 0 Å². The maximum absolute atomic E-state index is 12.5. The Morgan fingerprint density at radius 2 is 1.66 bits per heavy atom. The highest BCUT2D eigenvalue weighted by molar-refractivity contribution is 6.43. The number of benzene rings is 3. The maximum Gasteiger partial charge on any atom is 0.344 e. The van der Waals surface area contributed by atoms with Crippen LogP contribution in [0.15, 0.2) is 105 Å². The third-order valence-electron chi connectivity index (χ3n) is 5.33. The Labute approximate surface area is 210 Å². The molecule has 0 fully saturated rings. The minimum atomic E-state index is -0.444. The number of rotatable bonds is 5. The minimum Gasteiger partial charge on any atom is -0.457 e. The summed E-state index contributed by atoms with van der Waals surface area (Å²) in [5.74, 6) is 0.666. The van der Waals surface area contributed by atoms with Crippen molar-refractivity contribution in [3.63, 3.8) is 0 Å². The molecule has 7 heteroatoms. The fourth-order valence-corrected chi connectivity index (χ4v) is 4.04. The minimum absolute atomic E-state index is 0.355. The van der Waals surface area contributed by atoms with Crippen molar-refractivity contribution in [2.24, 2.45) is 0 Å². The number of amides is 1. The van der Waals surface area contributed by atoms with E-state index in [2.05, 4.69) is 5.32 Å². The molecule has 5 rings (SSSR count). The van der Waals surface area contributed by atoms with Crippen molar-refractivity contribution in [3.05, 3.63) is 117 Å². The Balaban J connectivity index is 1.32. The Kier molecular flexibility index (Phi) is 6.27. The summed E-state index contributed by atoms with van der Waals surface area (Å²) in [6, 6.07) is 24.9. The summed E-state index contributed by atoms with van der Waals surface area (Å²) < 4.78 is 11.2. The largest absolute Gasteiger partial charge is 0.457 e. The second kappa shape index (κ2) is 9.66. The van der Waals surface area contributed by atoms with Gasteiger partial charge in [0.15, 0.2) is 0 Å². The molecule has 0 bridgehead atoms. The van der Waals surface area contributed by atoms with Crippen LogP contribution >= 0.6 is 23.2 Å². The van der Waals surface area contributed by atoms with Crippen LogP contribution in [0.2, 0.25) is 10.0 Å². The number of halogens is 2. The maximum atomic E-state index is 12.5. The van der Waals surface area contributed by atoms with E-state index < -0.39 is 5.63 Å². The van der Waals surface area contributed by atoms with E-state index in [1.165, 1.54) is 6.08 Å². The van der Waals surface area contributed by atoms with E-state index in [-0.39, 0.29) is 5.91 Å². The molecule has 0 saturated heterocycles. The smallest absolute Gasteiger partial charge is 0.344 e. The standard InChI is InChI=1S/C28H17Cl2NO4/c29-23-9-4-8-21(27(23)30)25-13-11-20(34-25)12-14-26(32)31-19-7-3-6-17(15-19)22-16-18-5-1-2-10-24(18)35-28(22)33/h1-16H,(H,31,32). The lowest BCUT2D eigenvalue weighted by atomic mass is 10.1. The molecule has 0 spiro atoms. The number of carbonyl (C=O) groups is 1. The Hall–Kier alpha value is -4.06. The van der Waals surface area contributed by atoms with Gasteiger partial charge in [-0.2, -0.15) is 0 Å². The third-order valence-corrected chi connectivity index (χ3v) is 6.14. The summed E-state index contributed by atoms with van der Waals surface area (Å²) in [5.41, 5.74) is 2.34. The molecule has 3 aromatic carbocycles. The molecule has 5 aromatic rings. The van der Waals surface area contributed by atoms with Gasteiger partial charge in [0, 0.05) is 22.7 Å². The van der Waals surface area contributed by atoms with E-state index in [4.69, 9.17) is 32.0 Å². The van der Waals surface area contributed by atoms with Gasteiger partial charge in [-0.1, -0.05) is 59.6 Å². The monoisotopic (exact) mass is 501 g/mol. The highest BCUT2D eigenvalue weighted by Gasteiger charge is 2.11. The molecule has 0 unspecified atom stereocenters. The molecule has 35 heavy (non-hydrogen) atoms. The van der Waals surface area contributed by atoms with E-state index in [1.54, 1.807) is 72.8 Å². The van der Waals surface area contributed by atoms with Crippen molar-refractivity contribution in [3.8, 4) is 22.5 Å². The lowest BCUT2D eigenvalue weighted by molar-refractivity contribution is -0.111. The van der Waals surface area contributed by atoms with Gasteiger partial charge in [0.25, 0.3) is 0 Å². The summed E-state index contributed by atoms with van der Waals surface area (Å²) in [6.45, 7) is 0. The van der Waals surface area contributed by atoms with Gasteiger partial charge in [0.1, 0.15) is 17.1 Å². The molecule has 1 N–H and O–H groups in total. The average Bonchev–Trinajstić information content (AvgIpc) is 3.33. The predicted octanol–water partition coefficient (Wildman–Crippen LogP) is 7.68. The number of para-hydroxylation sites is 1. The molecule has 172 valence electrons. The van der Waals surface area contributed by atoms with Gasteiger partial charge in [0.2, 0.25) is 5.91 Å². The van der Waals surface area contributed by atoms with Crippen LogP contribution in [-0.4, -0.2) is 5.91 Å². The summed E-state index contributed by atoms with van der Waals surface area (Å²) in [5, 5.41) is 4.44. The summed E-state index contributed by atoms with van der Waals surface area (Å²) in [7, 11) is 0. The van der Waals surface area contributed by atoms with Gasteiger partial charge in [-0.05, 0) is 60.2 Å². The highest BCUT2D eigenvalue weighted by Crippen LogP contribution is 2.34. The number of nitrogens with one attached hydrogen (secondary N) is 1. The summed E-state index contributed by atoms with van der Waals surface area (Å²) in [6.07, 6.45) is 2.92. The van der Waals surface area contributed by atoms with Gasteiger partial charge in [-0.15, -0.1) is 0 Å². The van der Waals surface area contributed by atoms with Crippen LogP contribution < -0.4 is 10.9 Å². The fourth-order valence-electron chi connectivity index (χ4n) is 3.65. The molecule has 0 aliphatic rings. The molecule has 0 atom stereocenters. The van der Waals surface area contributed by atoms with E-state index in [0.717, 1.165) is 5.39 Å². The molecule has 0 aliphatic carbocycles. The molecule has 2 aromatic heterocycles. The van der Waals surface area contributed by atoms with Crippen molar-refractivity contribution >= 4 is 51.8 Å². The first-order valence-electron chi connectivity index (χ1n) is 10.6. The van der Waals surface area contributed by atoms with Gasteiger partial charge in [-0.3, -0.25) is 4.79 Å². The molecule has 0 aliphatic heterocycles. The van der Waals surface area contributed by atoms with Crippen LogP contribution in [0.1, 0.15) is 5.76 Å². The summed E-state index contributed by atoms with van der Waals surface area (Å²) in [4.78, 5) is 25.0. The molecule has 1 amide bonds. The number of furan rings is 1. The second-order valence-corrected chi connectivity index (χ2v) is 8.48. The predicted molar refractivity (Wildman–Crippen MR) is 140 cm³/mol. The SMILES string of the molecule is O=C(C=Cc1ccc(-c2cccc(Cl)c2Cl)o1)Nc1cccc(-c2cc3ccccc3oc2=O)c1. The molecular formula is C28H17Cl2NO4. The second-order valence-electron chi connectivity index (χ2n) is 7.69. The van der Waals surface area contributed by atoms with Gasteiger partial charge >= 0.3 is 5.63 Å². The number of anilines is 1. The lowest BCUT2D eigenvalue weighted by Crippen LogP contribution is -2.08. The molecule has 0 radical (unpaired) electrons. The Bertz CT molecular complexity index is 1650.